The lowest BCUT2D eigenvalue weighted by molar-refractivity contribution is 0.600. The van der Waals surface area contributed by atoms with Gasteiger partial charge in [-0.3, -0.25) is 4.72 Å². The molecule has 1 atom stereocenters. The van der Waals surface area contributed by atoms with Crippen LogP contribution in [-0.4, -0.2) is 31.9 Å². The first-order valence-corrected chi connectivity index (χ1v) is 9.80. The average molecular weight is 375 g/mol. The molecule has 1 aromatic carbocycles. The first-order valence-electron chi connectivity index (χ1n) is 7.18. The maximum absolute atomic E-state index is 12.7. The summed E-state index contributed by atoms with van der Waals surface area (Å²) in [5.41, 5.74) is 1.95. The van der Waals surface area contributed by atoms with E-state index < -0.39 is 25.6 Å². The van der Waals surface area contributed by atoms with Crippen LogP contribution in [0.1, 0.15) is 11.1 Å². The summed E-state index contributed by atoms with van der Waals surface area (Å²) in [6.45, 7) is 1.82. The molecule has 0 radical (unpaired) electrons. The molecule has 2 N–H and O–H groups in total. The Morgan fingerprint density at radius 2 is 2.04 bits per heavy atom. The van der Waals surface area contributed by atoms with E-state index in [1.807, 2.05) is 6.92 Å². The molecule has 0 amide bonds. The fourth-order valence-corrected chi connectivity index (χ4v) is 5.08. The number of nitrogens with zero attached hydrogens (tertiary/aromatic N) is 1. The molecule has 0 spiro atoms. The molecule has 1 aromatic heterocycles. The summed E-state index contributed by atoms with van der Waals surface area (Å²) in [4.78, 5) is 2.66. The molecule has 0 bridgehead atoms. The van der Waals surface area contributed by atoms with Gasteiger partial charge < -0.3 is 4.98 Å². The van der Waals surface area contributed by atoms with Gasteiger partial charge in [-0.15, -0.1) is 0 Å². The molecule has 25 heavy (non-hydrogen) atoms. The Morgan fingerprint density at radius 3 is 2.72 bits per heavy atom. The minimum atomic E-state index is -4.05. The highest BCUT2D eigenvalue weighted by Gasteiger charge is 2.30. The number of nitriles is 1. The second-order valence-electron chi connectivity index (χ2n) is 5.44. The number of aromatic nitrogens is 1. The van der Waals surface area contributed by atoms with Crippen LogP contribution in [0.4, 0.5) is 5.69 Å². The summed E-state index contributed by atoms with van der Waals surface area (Å²) in [7, 11) is -6.71. The predicted molar refractivity (Wildman–Crippen MR) is 96.3 cm³/mol. The topological polar surface area (TPSA) is 120 Å². The third kappa shape index (κ3) is 2.97. The fraction of sp³-hybridized carbons (Fsp3) is 0.125. The molecule has 0 saturated carbocycles. The Kier molecular flexibility index (Phi) is 4.24. The molecule has 1 heterocycles. The minimum absolute atomic E-state index is 0.234. The van der Waals surface area contributed by atoms with Crippen molar-refractivity contribution in [1.29, 1.82) is 5.26 Å². The van der Waals surface area contributed by atoms with Crippen LogP contribution in [0.5, 0.6) is 0 Å². The largest absolute Gasteiger partial charge is 0.358 e. The smallest absolute Gasteiger partial charge is 0.244 e. The van der Waals surface area contributed by atoms with E-state index in [9.17, 15) is 22.1 Å². The molecule has 2 aromatic rings. The van der Waals surface area contributed by atoms with Crippen LogP contribution in [0, 0.1) is 18.3 Å². The number of nitrogens with one attached hydrogen (secondary N) is 2. The Hall–Kier alpha value is -2.83. The lowest BCUT2D eigenvalue weighted by Gasteiger charge is -2.17. The first-order chi connectivity index (χ1) is 11.8. The zero-order valence-electron chi connectivity index (χ0n) is 13.0. The maximum Gasteiger partial charge on any atom is 0.244 e. The molecule has 1 aliphatic carbocycles. The van der Waals surface area contributed by atoms with Crippen molar-refractivity contribution in [3.8, 4) is 6.07 Å². The van der Waals surface area contributed by atoms with Crippen LogP contribution in [0.2, 0.25) is 0 Å². The number of aryl methyl sites for hydroxylation is 1. The van der Waals surface area contributed by atoms with E-state index in [2.05, 4.69) is 15.8 Å². The quantitative estimate of drug-likeness (QED) is 0.790. The van der Waals surface area contributed by atoms with Crippen LogP contribution in [0.15, 0.2) is 42.6 Å². The van der Waals surface area contributed by atoms with Crippen molar-refractivity contribution in [3.63, 3.8) is 0 Å². The van der Waals surface area contributed by atoms with Crippen molar-refractivity contribution in [2.75, 3.05) is 4.72 Å². The second-order valence-corrected chi connectivity index (χ2v) is 8.19. The van der Waals surface area contributed by atoms with E-state index in [4.69, 9.17) is 0 Å². The van der Waals surface area contributed by atoms with Gasteiger partial charge in [0.25, 0.3) is 0 Å². The summed E-state index contributed by atoms with van der Waals surface area (Å²) in [5, 5.41) is 8.48. The maximum atomic E-state index is 12.7. The number of hydrogen-bond acceptors (Lipinski definition) is 5. The van der Waals surface area contributed by atoms with Gasteiger partial charge in [0.05, 0.1) is 21.6 Å². The molecule has 0 saturated heterocycles. The Bertz CT molecular complexity index is 1200. The summed E-state index contributed by atoms with van der Waals surface area (Å²) >= 11 is 0. The van der Waals surface area contributed by atoms with E-state index in [0.717, 1.165) is 5.56 Å². The number of aromatic amines is 1. The molecule has 1 aliphatic rings. The van der Waals surface area contributed by atoms with Gasteiger partial charge in [-0.1, -0.05) is 24.3 Å². The van der Waals surface area contributed by atoms with E-state index in [0.29, 0.717) is 16.5 Å². The van der Waals surface area contributed by atoms with Crippen molar-refractivity contribution in [1.82, 2.24) is 4.98 Å². The zero-order chi connectivity index (χ0) is 18.2. The van der Waals surface area contributed by atoms with Crippen molar-refractivity contribution in [2.24, 2.45) is 0 Å². The first kappa shape index (κ1) is 17.0. The number of benzene rings is 1. The summed E-state index contributed by atoms with van der Waals surface area (Å²) < 4.78 is 50.5. The number of H-pyrrole nitrogens is 1. The third-order valence-corrected chi connectivity index (χ3v) is 6.39. The number of hydrogen-bond donors (Lipinski definition) is 2. The lowest BCUT2D eigenvalue weighted by atomic mass is 10.1. The number of anilines is 1. The van der Waals surface area contributed by atoms with Crippen LogP contribution in [0.3, 0.4) is 0 Å². The van der Waals surface area contributed by atoms with Gasteiger partial charge in [0.1, 0.15) is 11.3 Å². The van der Waals surface area contributed by atoms with Gasteiger partial charge in [-0.2, -0.15) is 13.7 Å². The Labute approximate surface area is 145 Å². The van der Waals surface area contributed by atoms with Gasteiger partial charge >= 0.3 is 0 Å². The standard InChI is InChI=1S/C16H13N3O4S2/c1-10-6-7-12(16-15(10)11(8-17)9-18-16)19-25(22,23)14-5-3-2-4-13(14)24(20)21/h2-7,9,14,18-19H,1H3. The molecule has 0 aliphatic heterocycles. The number of sulfonamides is 1. The molecular formula is C16H13N3O4S2. The van der Waals surface area contributed by atoms with Gasteiger partial charge in [-0.25, -0.2) is 8.42 Å². The van der Waals surface area contributed by atoms with E-state index in [1.54, 1.807) is 12.1 Å². The molecule has 128 valence electrons. The number of allylic oxidation sites excluding steroid dienone is 3. The normalized spacial score (nSPS) is 16.8. The highest BCUT2D eigenvalue weighted by Crippen LogP contribution is 2.29. The van der Waals surface area contributed by atoms with Crippen LogP contribution in [0.25, 0.3) is 10.9 Å². The SMILES string of the molecule is Cc1ccc(NS(=O)(=O)C2C=CC=CC2=S(=O)=O)c2[nH]cc(C#N)c12. The molecule has 1 unspecified atom stereocenters. The summed E-state index contributed by atoms with van der Waals surface area (Å²) in [6, 6.07) is 5.32. The molecule has 0 fully saturated rings. The monoisotopic (exact) mass is 375 g/mol. The number of fused-ring (bicyclic) bond motifs is 1. The summed E-state index contributed by atoms with van der Waals surface area (Å²) in [6.07, 6.45) is 7.00. The Morgan fingerprint density at radius 1 is 1.28 bits per heavy atom. The van der Waals surface area contributed by atoms with Crippen LogP contribution < -0.4 is 4.72 Å². The predicted octanol–water partition coefficient (Wildman–Crippen LogP) is 1.64. The highest BCUT2D eigenvalue weighted by molar-refractivity contribution is 7.95. The minimum Gasteiger partial charge on any atom is -0.358 e. The lowest BCUT2D eigenvalue weighted by Crippen LogP contribution is -2.34. The van der Waals surface area contributed by atoms with E-state index in [-0.39, 0.29) is 10.6 Å². The van der Waals surface area contributed by atoms with Gasteiger partial charge in [0.15, 0.2) is 0 Å². The zero-order valence-corrected chi connectivity index (χ0v) is 14.6. The van der Waals surface area contributed by atoms with Crippen LogP contribution >= 0.6 is 0 Å². The van der Waals surface area contributed by atoms with Gasteiger partial charge in [0, 0.05) is 11.6 Å². The van der Waals surface area contributed by atoms with Crippen molar-refractivity contribution < 1.29 is 16.8 Å². The second kappa shape index (κ2) is 6.23. The van der Waals surface area contributed by atoms with E-state index in [1.165, 1.54) is 30.5 Å². The number of rotatable bonds is 3. The fourth-order valence-electron chi connectivity index (χ4n) is 2.72. The van der Waals surface area contributed by atoms with Crippen LogP contribution in [-0.2, 0) is 20.3 Å². The van der Waals surface area contributed by atoms with E-state index >= 15 is 0 Å². The Balaban J connectivity index is 2.10. The van der Waals surface area contributed by atoms with Gasteiger partial charge in [0.2, 0.25) is 20.3 Å². The molecule has 9 heteroatoms. The third-order valence-electron chi connectivity index (χ3n) is 3.88. The van der Waals surface area contributed by atoms with Crippen molar-refractivity contribution >= 4 is 41.8 Å². The summed E-state index contributed by atoms with van der Waals surface area (Å²) in [5.74, 6) is 0. The van der Waals surface area contributed by atoms with Crippen molar-refractivity contribution in [3.05, 3.63) is 53.8 Å². The molecule has 7 nitrogen and oxygen atoms in total. The average Bonchev–Trinajstić information content (AvgIpc) is 3.02. The molecular weight excluding hydrogens is 362 g/mol. The highest BCUT2D eigenvalue weighted by atomic mass is 32.2. The van der Waals surface area contributed by atoms with Gasteiger partial charge in [-0.05, 0) is 24.6 Å². The van der Waals surface area contributed by atoms with Crippen molar-refractivity contribution in [2.45, 2.75) is 12.2 Å². The molecule has 3 rings (SSSR count).